The largest absolute Gasteiger partial charge is 0.623 e. The quantitative estimate of drug-likeness (QED) is 0.386. The zero-order valence-electron chi connectivity index (χ0n) is 8.94. The lowest BCUT2D eigenvalue weighted by atomic mass is 9.94. The average Bonchev–Trinajstić information content (AvgIpc) is 2.14. The molecule has 1 unspecified atom stereocenters. The topological polar surface area (TPSA) is 66.6 Å². The number of carbonyl (C=O) groups is 1. The van der Waals surface area contributed by atoms with Crippen molar-refractivity contribution in [2.75, 3.05) is 0 Å². The summed E-state index contributed by atoms with van der Waals surface area (Å²) in [5, 5.41) is 21.9. The van der Waals surface area contributed by atoms with Crippen molar-refractivity contribution in [2.45, 2.75) is 45.7 Å². The van der Waals surface area contributed by atoms with E-state index in [0.717, 1.165) is 0 Å². The Hall–Kier alpha value is -1.10. The van der Waals surface area contributed by atoms with Crippen molar-refractivity contribution in [2.24, 2.45) is 0 Å². The van der Waals surface area contributed by atoms with E-state index in [1.54, 1.807) is 27.7 Å². The molecule has 0 saturated heterocycles. The maximum atomic E-state index is 11.6. The van der Waals surface area contributed by atoms with E-state index in [1.807, 2.05) is 0 Å². The predicted octanol–water partition coefficient (Wildman–Crippen LogP) is 0.746. The Balaban J connectivity index is 3.24. The lowest BCUT2D eigenvalue weighted by molar-refractivity contribution is -0.502. The third-order valence-electron chi connectivity index (χ3n) is 2.91. The fraction of sp³-hybridized carbons (Fsp3) is 0.778. The average molecular weight is 200 g/mol. The van der Waals surface area contributed by atoms with Crippen molar-refractivity contribution in [3.05, 3.63) is 5.21 Å². The van der Waals surface area contributed by atoms with Gasteiger partial charge in [0.2, 0.25) is 6.04 Å². The van der Waals surface area contributed by atoms with Gasteiger partial charge in [-0.1, -0.05) is 6.92 Å². The molecule has 0 aromatic carbocycles. The van der Waals surface area contributed by atoms with Crippen LogP contribution >= 0.6 is 0 Å². The van der Waals surface area contributed by atoms with Crippen LogP contribution in [0.5, 0.6) is 0 Å². The predicted molar refractivity (Wildman–Crippen MR) is 51.1 cm³/mol. The van der Waals surface area contributed by atoms with E-state index in [1.165, 1.54) is 0 Å². The first kappa shape index (κ1) is 11.0. The van der Waals surface area contributed by atoms with E-state index in [-0.39, 0.29) is 0 Å². The molecule has 0 fully saturated rings. The number of amides is 1. The van der Waals surface area contributed by atoms with Crippen LogP contribution in [0.1, 0.15) is 34.1 Å². The second-order valence-corrected chi connectivity index (χ2v) is 4.04. The van der Waals surface area contributed by atoms with Gasteiger partial charge in [-0.25, -0.2) is 5.06 Å². The minimum absolute atomic E-state index is 0.396. The highest BCUT2D eigenvalue weighted by Gasteiger charge is 2.47. The molecule has 0 aromatic rings. The molecular formula is C9H16N2O3. The van der Waals surface area contributed by atoms with Gasteiger partial charge in [-0.05, 0) is 13.8 Å². The Bertz CT molecular complexity index is 296. The zero-order valence-corrected chi connectivity index (χ0v) is 8.94. The first-order chi connectivity index (χ1) is 6.34. The molecule has 0 saturated carbocycles. The molecule has 0 aliphatic carbocycles. The lowest BCUT2D eigenvalue weighted by Crippen LogP contribution is -2.62. The van der Waals surface area contributed by atoms with Gasteiger partial charge >= 0.3 is 5.91 Å². The van der Waals surface area contributed by atoms with Crippen LogP contribution in [0.3, 0.4) is 0 Å². The van der Waals surface area contributed by atoms with Crippen LogP contribution in [0.25, 0.3) is 0 Å². The smallest absolute Gasteiger partial charge is 0.316 e. The maximum Gasteiger partial charge on any atom is 0.316 e. The van der Waals surface area contributed by atoms with Crippen molar-refractivity contribution in [3.63, 3.8) is 0 Å². The van der Waals surface area contributed by atoms with Gasteiger partial charge in [0.1, 0.15) is 5.54 Å². The van der Waals surface area contributed by atoms with Gasteiger partial charge in [-0.15, -0.1) is 0 Å². The number of rotatable bonds is 1. The Morgan fingerprint density at radius 1 is 1.64 bits per heavy atom. The SMILES string of the molecule is CCC1C(=O)N(O)C(C)(C)C(C)=[N+]1[O-]. The van der Waals surface area contributed by atoms with Gasteiger partial charge in [-0.3, -0.25) is 10.0 Å². The van der Waals surface area contributed by atoms with E-state index in [4.69, 9.17) is 0 Å². The molecule has 1 amide bonds. The van der Waals surface area contributed by atoms with Crippen LogP contribution < -0.4 is 0 Å². The summed E-state index contributed by atoms with van der Waals surface area (Å²) >= 11 is 0. The van der Waals surface area contributed by atoms with E-state index in [9.17, 15) is 15.2 Å². The molecule has 1 atom stereocenters. The molecule has 1 aliphatic rings. The number of hydrogen-bond donors (Lipinski definition) is 1. The highest BCUT2D eigenvalue weighted by Crippen LogP contribution is 2.22. The lowest BCUT2D eigenvalue weighted by Gasteiger charge is -2.38. The summed E-state index contributed by atoms with van der Waals surface area (Å²) in [5.74, 6) is -0.530. The molecule has 5 heteroatoms. The van der Waals surface area contributed by atoms with Crippen LogP contribution in [0, 0.1) is 5.21 Å². The molecule has 80 valence electrons. The molecule has 1 heterocycles. The third-order valence-corrected chi connectivity index (χ3v) is 2.91. The minimum atomic E-state index is -0.912. The van der Waals surface area contributed by atoms with Crippen molar-refractivity contribution in [1.29, 1.82) is 0 Å². The van der Waals surface area contributed by atoms with Crippen LogP contribution in [-0.4, -0.2) is 38.2 Å². The first-order valence-electron chi connectivity index (χ1n) is 4.67. The van der Waals surface area contributed by atoms with Crippen molar-refractivity contribution >= 4 is 11.6 Å². The maximum absolute atomic E-state index is 11.6. The Morgan fingerprint density at radius 3 is 2.57 bits per heavy atom. The summed E-state index contributed by atoms with van der Waals surface area (Å²) in [5.41, 5.74) is -0.462. The van der Waals surface area contributed by atoms with E-state index in [0.29, 0.717) is 21.9 Å². The molecule has 0 bridgehead atoms. The van der Waals surface area contributed by atoms with Gasteiger partial charge in [0.05, 0.1) is 0 Å². The van der Waals surface area contributed by atoms with Crippen molar-refractivity contribution in [1.82, 2.24) is 5.06 Å². The van der Waals surface area contributed by atoms with Crippen molar-refractivity contribution < 1.29 is 14.7 Å². The second-order valence-electron chi connectivity index (χ2n) is 4.04. The van der Waals surface area contributed by atoms with Crippen LogP contribution in [0.15, 0.2) is 0 Å². The molecule has 1 rings (SSSR count). The molecule has 0 spiro atoms. The fourth-order valence-corrected chi connectivity index (χ4v) is 1.51. The van der Waals surface area contributed by atoms with Gasteiger partial charge in [-0.2, -0.15) is 4.74 Å². The summed E-state index contributed by atoms with van der Waals surface area (Å²) in [6, 6.07) is -0.784. The van der Waals surface area contributed by atoms with E-state index in [2.05, 4.69) is 0 Å². The highest BCUT2D eigenvalue weighted by molar-refractivity contribution is 5.95. The molecule has 1 N–H and O–H groups in total. The van der Waals surface area contributed by atoms with Gasteiger partial charge in [0.25, 0.3) is 0 Å². The zero-order chi connectivity index (χ0) is 11.1. The minimum Gasteiger partial charge on any atom is -0.623 e. The van der Waals surface area contributed by atoms with Crippen LogP contribution in [-0.2, 0) is 4.79 Å². The first-order valence-corrected chi connectivity index (χ1v) is 4.67. The molecule has 5 nitrogen and oxygen atoms in total. The standard InChI is InChI=1S/C9H16N2O3/c1-5-7-8(12)11(14)9(3,4)6(2)10(7)13/h7,14H,5H2,1-4H3. The molecular weight excluding hydrogens is 184 g/mol. The summed E-state index contributed by atoms with van der Waals surface area (Å²) in [7, 11) is 0. The Morgan fingerprint density at radius 2 is 2.14 bits per heavy atom. The number of hydroxylamine groups is 3. The van der Waals surface area contributed by atoms with E-state index < -0.39 is 17.5 Å². The highest BCUT2D eigenvalue weighted by atomic mass is 16.5. The summed E-state index contributed by atoms with van der Waals surface area (Å²) in [6.45, 7) is 6.65. The van der Waals surface area contributed by atoms with Crippen LogP contribution in [0.4, 0.5) is 0 Å². The summed E-state index contributed by atoms with van der Waals surface area (Å²) in [6.07, 6.45) is 0.396. The third kappa shape index (κ3) is 1.28. The normalized spacial score (nSPS) is 27.1. The number of nitrogens with zero attached hydrogens (tertiary/aromatic N) is 2. The second kappa shape index (κ2) is 3.24. The fourth-order valence-electron chi connectivity index (χ4n) is 1.51. The van der Waals surface area contributed by atoms with Crippen LogP contribution in [0.2, 0.25) is 0 Å². The summed E-state index contributed by atoms with van der Waals surface area (Å²) < 4.78 is 0.703. The van der Waals surface area contributed by atoms with E-state index >= 15 is 0 Å². The van der Waals surface area contributed by atoms with Crippen molar-refractivity contribution in [3.8, 4) is 0 Å². The Kier molecular flexibility index (Phi) is 2.54. The number of hydrogen-bond acceptors (Lipinski definition) is 3. The molecule has 1 aliphatic heterocycles. The van der Waals surface area contributed by atoms with Gasteiger partial charge in [0.15, 0.2) is 5.71 Å². The monoisotopic (exact) mass is 200 g/mol. The Labute approximate surface area is 83.2 Å². The molecule has 0 aromatic heterocycles. The number of carbonyl (C=O) groups excluding carboxylic acids is 1. The molecule has 14 heavy (non-hydrogen) atoms. The summed E-state index contributed by atoms with van der Waals surface area (Å²) in [4.78, 5) is 11.5. The van der Waals surface area contributed by atoms with Gasteiger partial charge in [0, 0.05) is 13.3 Å². The molecule has 0 radical (unpaired) electrons. The van der Waals surface area contributed by atoms with Gasteiger partial charge < -0.3 is 5.21 Å².